The van der Waals surface area contributed by atoms with Gasteiger partial charge in [0, 0.05) is 12.0 Å². The van der Waals surface area contributed by atoms with Crippen LogP contribution in [0.1, 0.15) is 15.9 Å². The quantitative estimate of drug-likeness (QED) is 0.888. The van der Waals surface area contributed by atoms with Crippen LogP contribution < -0.4 is 5.32 Å². The van der Waals surface area contributed by atoms with Crippen LogP contribution in [-0.4, -0.2) is 23.0 Å². The third-order valence-electron chi connectivity index (χ3n) is 3.14. The molecule has 0 spiro atoms. The topological polar surface area (TPSA) is 66.4 Å². The van der Waals surface area contributed by atoms with Crippen molar-refractivity contribution in [1.29, 1.82) is 0 Å². The van der Waals surface area contributed by atoms with Crippen molar-refractivity contribution in [2.24, 2.45) is 0 Å². The van der Waals surface area contributed by atoms with E-state index in [-0.39, 0.29) is 12.0 Å². The molecule has 1 atom stereocenters. The molecule has 2 aromatic rings. The fourth-order valence-electron chi connectivity index (χ4n) is 1.94. The van der Waals surface area contributed by atoms with E-state index in [1.54, 1.807) is 0 Å². The second-order valence-electron chi connectivity index (χ2n) is 4.82. The molecule has 0 saturated heterocycles. The Morgan fingerprint density at radius 1 is 1.00 bits per heavy atom. The monoisotopic (exact) mass is 323 g/mol. The first kappa shape index (κ1) is 16.5. The molecule has 0 aliphatic heterocycles. The van der Waals surface area contributed by atoms with Crippen molar-refractivity contribution >= 4 is 11.9 Å². The van der Waals surface area contributed by atoms with Gasteiger partial charge in [0.2, 0.25) is 0 Å². The third kappa shape index (κ3) is 4.32. The number of carbonyl (C=O) groups is 2. The van der Waals surface area contributed by atoms with Crippen LogP contribution in [0.4, 0.5) is 13.2 Å². The van der Waals surface area contributed by atoms with Crippen molar-refractivity contribution in [3.63, 3.8) is 0 Å². The van der Waals surface area contributed by atoms with Crippen LogP contribution in [0.2, 0.25) is 0 Å². The zero-order valence-corrected chi connectivity index (χ0v) is 11.7. The van der Waals surface area contributed by atoms with Crippen LogP contribution in [0.5, 0.6) is 0 Å². The fourth-order valence-corrected chi connectivity index (χ4v) is 1.94. The molecule has 23 heavy (non-hydrogen) atoms. The van der Waals surface area contributed by atoms with Gasteiger partial charge < -0.3 is 10.4 Å². The van der Waals surface area contributed by atoms with Gasteiger partial charge in [0.1, 0.15) is 11.9 Å². The lowest BCUT2D eigenvalue weighted by Crippen LogP contribution is -2.42. The number of nitrogens with one attached hydrogen (secondary N) is 1. The van der Waals surface area contributed by atoms with Gasteiger partial charge in [0.25, 0.3) is 5.91 Å². The van der Waals surface area contributed by atoms with Gasteiger partial charge in [-0.05, 0) is 35.9 Å². The highest BCUT2D eigenvalue weighted by Gasteiger charge is 2.21. The van der Waals surface area contributed by atoms with Gasteiger partial charge in [-0.1, -0.05) is 12.1 Å². The number of carbonyl (C=O) groups excluding carboxylic acids is 1. The van der Waals surface area contributed by atoms with E-state index >= 15 is 0 Å². The van der Waals surface area contributed by atoms with E-state index in [2.05, 4.69) is 5.32 Å². The number of hydrogen-bond acceptors (Lipinski definition) is 2. The molecule has 0 aliphatic carbocycles. The number of carboxylic acid groups (broad SMARTS) is 1. The second-order valence-corrected chi connectivity index (χ2v) is 4.82. The van der Waals surface area contributed by atoms with E-state index in [4.69, 9.17) is 5.11 Å². The summed E-state index contributed by atoms with van der Waals surface area (Å²) < 4.78 is 38.8. The Hall–Kier alpha value is -2.83. The summed E-state index contributed by atoms with van der Waals surface area (Å²) in [6.07, 6.45) is -0.0783. The van der Waals surface area contributed by atoms with Gasteiger partial charge in [-0.25, -0.2) is 18.0 Å². The Bertz CT molecular complexity index is 732. The van der Waals surface area contributed by atoms with Crippen LogP contribution in [-0.2, 0) is 11.2 Å². The van der Waals surface area contributed by atoms with Crippen molar-refractivity contribution in [2.75, 3.05) is 0 Å². The van der Waals surface area contributed by atoms with Crippen LogP contribution in [0.25, 0.3) is 0 Å². The average Bonchev–Trinajstić information content (AvgIpc) is 2.51. The summed E-state index contributed by atoms with van der Waals surface area (Å²) in [6.45, 7) is 0. The summed E-state index contributed by atoms with van der Waals surface area (Å²) in [5.41, 5.74) is 0.304. The number of carboxylic acids is 1. The third-order valence-corrected chi connectivity index (χ3v) is 3.14. The molecule has 0 aliphatic rings. The molecule has 0 unspecified atom stereocenters. The summed E-state index contributed by atoms with van der Waals surface area (Å²) in [4.78, 5) is 23.2. The van der Waals surface area contributed by atoms with Crippen LogP contribution in [0, 0.1) is 17.5 Å². The molecule has 4 nitrogen and oxygen atoms in total. The summed E-state index contributed by atoms with van der Waals surface area (Å²) in [5, 5.41) is 11.4. The maximum atomic E-state index is 13.1. The first-order chi connectivity index (χ1) is 10.9. The Morgan fingerprint density at radius 3 is 2.22 bits per heavy atom. The highest BCUT2D eigenvalue weighted by Crippen LogP contribution is 2.10. The summed E-state index contributed by atoms with van der Waals surface area (Å²) in [6, 6.07) is 6.35. The van der Waals surface area contributed by atoms with E-state index in [0.29, 0.717) is 11.6 Å². The maximum absolute atomic E-state index is 13.1. The standard InChI is InChI=1S/C16H12F3NO3/c17-11-4-1-9(2-5-11)7-14(16(22)23)20-15(21)10-3-6-12(18)13(19)8-10/h1-6,8,14H,7H2,(H,20,21)(H,22,23)/t14-/m0/s1. The minimum Gasteiger partial charge on any atom is -0.480 e. The molecule has 1 amide bonds. The van der Waals surface area contributed by atoms with Gasteiger partial charge >= 0.3 is 5.97 Å². The summed E-state index contributed by atoms with van der Waals surface area (Å²) in [5.74, 6) is -4.93. The highest BCUT2D eigenvalue weighted by atomic mass is 19.2. The molecule has 2 N–H and O–H groups in total. The number of rotatable bonds is 5. The zero-order chi connectivity index (χ0) is 17.0. The first-order valence-corrected chi connectivity index (χ1v) is 6.60. The van der Waals surface area contributed by atoms with E-state index in [0.717, 1.165) is 12.1 Å². The average molecular weight is 323 g/mol. The largest absolute Gasteiger partial charge is 0.480 e. The van der Waals surface area contributed by atoms with Crippen molar-refractivity contribution in [3.05, 3.63) is 71.0 Å². The molecule has 0 fully saturated rings. The molecule has 0 aromatic heterocycles. The Kier molecular flexibility index (Phi) is 5.00. The zero-order valence-electron chi connectivity index (χ0n) is 11.7. The van der Waals surface area contributed by atoms with Crippen molar-refractivity contribution in [2.45, 2.75) is 12.5 Å². The van der Waals surface area contributed by atoms with E-state index in [1.807, 2.05) is 0 Å². The van der Waals surface area contributed by atoms with Gasteiger partial charge in [0.05, 0.1) is 0 Å². The minimum atomic E-state index is -1.30. The molecule has 0 radical (unpaired) electrons. The molecular weight excluding hydrogens is 311 g/mol. The number of amides is 1. The van der Waals surface area contributed by atoms with Gasteiger partial charge in [-0.15, -0.1) is 0 Å². The first-order valence-electron chi connectivity index (χ1n) is 6.60. The Balaban J connectivity index is 2.12. The second kappa shape index (κ2) is 6.95. The fraction of sp³-hybridized carbons (Fsp3) is 0.125. The molecule has 0 saturated carbocycles. The molecule has 0 heterocycles. The lowest BCUT2D eigenvalue weighted by atomic mass is 10.1. The molecule has 0 bridgehead atoms. The predicted molar refractivity (Wildman–Crippen MR) is 75.4 cm³/mol. The van der Waals surface area contributed by atoms with Gasteiger partial charge in [-0.3, -0.25) is 4.79 Å². The van der Waals surface area contributed by atoms with Crippen molar-refractivity contribution in [1.82, 2.24) is 5.32 Å². The number of halogens is 3. The molecule has 2 aromatic carbocycles. The van der Waals surface area contributed by atoms with Gasteiger partial charge in [0.15, 0.2) is 11.6 Å². The highest BCUT2D eigenvalue weighted by molar-refractivity contribution is 5.96. The maximum Gasteiger partial charge on any atom is 0.326 e. The normalized spacial score (nSPS) is 11.8. The number of benzene rings is 2. The summed E-state index contributed by atoms with van der Waals surface area (Å²) in [7, 11) is 0. The number of hydrogen-bond donors (Lipinski definition) is 2. The van der Waals surface area contributed by atoms with Crippen LogP contribution in [0.15, 0.2) is 42.5 Å². The Labute approximate surface area is 129 Å². The molecule has 7 heteroatoms. The lowest BCUT2D eigenvalue weighted by molar-refractivity contribution is -0.139. The summed E-state index contributed by atoms with van der Waals surface area (Å²) >= 11 is 0. The molecular formula is C16H12F3NO3. The minimum absolute atomic E-state index is 0.0783. The van der Waals surface area contributed by atoms with Crippen molar-refractivity contribution in [3.8, 4) is 0 Å². The smallest absolute Gasteiger partial charge is 0.326 e. The Morgan fingerprint density at radius 2 is 1.65 bits per heavy atom. The predicted octanol–water partition coefficient (Wildman–Crippen LogP) is 2.53. The van der Waals surface area contributed by atoms with E-state index < -0.39 is 35.4 Å². The lowest BCUT2D eigenvalue weighted by Gasteiger charge is -2.15. The number of aliphatic carboxylic acids is 1. The van der Waals surface area contributed by atoms with Crippen LogP contribution >= 0.6 is 0 Å². The van der Waals surface area contributed by atoms with E-state index in [9.17, 15) is 22.8 Å². The molecule has 2 rings (SSSR count). The van der Waals surface area contributed by atoms with E-state index in [1.165, 1.54) is 24.3 Å². The SMILES string of the molecule is O=C(N[C@@H](Cc1ccc(F)cc1)C(=O)O)c1ccc(F)c(F)c1. The molecule has 120 valence electrons. The van der Waals surface area contributed by atoms with Crippen molar-refractivity contribution < 1.29 is 27.9 Å². The van der Waals surface area contributed by atoms with Crippen LogP contribution in [0.3, 0.4) is 0 Å². The van der Waals surface area contributed by atoms with Gasteiger partial charge in [-0.2, -0.15) is 0 Å².